The maximum absolute atomic E-state index is 12.5. The number of piperidine rings is 1. The number of nitrogens with zero attached hydrogens (tertiary/aromatic N) is 1. The fourth-order valence-electron chi connectivity index (χ4n) is 3.15. The average molecular weight is 322 g/mol. The summed E-state index contributed by atoms with van der Waals surface area (Å²) < 4.78 is 10.9. The summed E-state index contributed by atoms with van der Waals surface area (Å²) in [6.45, 7) is 4.18. The monoisotopic (exact) mass is 322 g/mol. The van der Waals surface area contributed by atoms with Crippen molar-refractivity contribution in [2.45, 2.75) is 51.5 Å². The third kappa shape index (κ3) is 4.39. The first-order valence-corrected chi connectivity index (χ1v) is 8.68. The van der Waals surface area contributed by atoms with Crippen LogP contribution < -0.4 is 5.32 Å². The fraction of sp³-hybridized carbons (Fsp3) is 0.765. The Labute approximate surface area is 137 Å². The van der Waals surface area contributed by atoms with Gasteiger partial charge < -0.3 is 19.7 Å². The molecular formula is C17H26N2O4. The lowest BCUT2D eigenvalue weighted by Gasteiger charge is -2.33. The van der Waals surface area contributed by atoms with Crippen LogP contribution in [0.1, 0.15) is 45.4 Å². The predicted molar refractivity (Wildman–Crippen MR) is 84.3 cm³/mol. The van der Waals surface area contributed by atoms with Crippen LogP contribution in [0.3, 0.4) is 0 Å². The number of hydrogen-bond acceptors (Lipinski definition) is 4. The fourth-order valence-corrected chi connectivity index (χ4v) is 3.15. The number of allylic oxidation sites excluding steroid dienone is 1. The number of rotatable bonds is 5. The number of likely N-dealkylation sites (tertiary alicyclic amines) is 1. The molecule has 2 amide bonds. The molecule has 1 aliphatic carbocycles. The second-order valence-corrected chi connectivity index (χ2v) is 6.70. The first-order valence-electron chi connectivity index (χ1n) is 8.68. The minimum absolute atomic E-state index is 0.0628. The Balaban J connectivity index is 1.41. The number of carbonyl (C=O) groups is 2. The summed E-state index contributed by atoms with van der Waals surface area (Å²) >= 11 is 0. The highest BCUT2D eigenvalue weighted by molar-refractivity contribution is 5.92. The smallest absolute Gasteiger partial charge is 0.292 e. The zero-order valence-corrected chi connectivity index (χ0v) is 13.8. The van der Waals surface area contributed by atoms with Crippen molar-refractivity contribution in [3.8, 4) is 0 Å². The molecule has 3 rings (SSSR count). The Morgan fingerprint density at radius 2 is 1.83 bits per heavy atom. The van der Waals surface area contributed by atoms with Crippen molar-refractivity contribution in [3.05, 3.63) is 11.5 Å². The predicted octanol–water partition coefficient (Wildman–Crippen LogP) is 1.56. The summed E-state index contributed by atoms with van der Waals surface area (Å²) in [5.74, 6) is 1.59. The highest BCUT2D eigenvalue weighted by Gasteiger charge is 2.29. The van der Waals surface area contributed by atoms with Crippen molar-refractivity contribution >= 4 is 11.8 Å². The molecule has 128 valence electrons. The zero-order chi connectivity index (χ0) is 16.2. The maximum Gasteiger partial charge on any atom is 0.292 e. The lowest BCUT2D eigenvalue weighted by atomic mass is 9.92. The SMILES string of the molecule is CC1=C(C(=O)N2CCC(CCC(=O)NC3CC3)CC2)OCCO1. The van der Waals surface area contributed by atoms with Crippen LogP contribution in [0, 0.1) is 5.92 Å². The van der Waals surface area contributed by atoms with E-state index < -0.39 is 0 Å². The standard InChI is InChI=1S/C17H26N2O4/c1-12-16(23-11-10-22-12)17(21)19-8-6-13(7-9-19)2-5-15(20)18-14-3-4-14/h13-14H,2-11H2,1H3,(H,18,20). The Hall–Kier alpha value is -1.72. The van der Waals surface area contributed by atoms with Gasteiger partial charge in [-0.1, -0.05) is 0 Å². The van der Waals surface area contributed by atoms with Gasteiger partial charge in [0.2, 0.25) is 11.7 Å². The van der Waals surface area contributed by atoms with Gasteiger partial charge in [-0.2, -0.15) is 0 Å². The number of hydrogen-bond donors (Lipinski definition) is 1. The van der Waals surface area contributed by atoms with Crippen molar-refractivity contribution < 1.29 is 19.1 Å². The summed E-state index contributed by atoms with van der Waals surface area (Å²) in [4.78, 5) is 26.0. The lowest BCUT2D eigenvalue weighted by molar-refractivity contribution is -0.134. The summed E-state index contributed by atoms with van der Waals surface area (Å²) in [7, 11) is 0. The minimum atomic E-state index is -0.0628. The molecule has 0 aromatic rings. The Bertz CT molecular complexity index is 491. The normalized spacial score (nSPS) is 22.4. The van der Waals surface area contributed by atoms with Crippen LogP contribution in [0.15, 0.2) is 11.5 Å². The van der Waals surface area contributed by atoms with Crippen molar-refractivity contribution in [2.75, 3.05) is 26.3 Å². The van der Waals surface area contributed by atoms with E-state index in [-0.39, 0.29) is 11.8 Å². The average Bonchev–Trinajstić information content (AvgIpc) is 3.37. The lowest BCUT2D eigenvalue weighted by Crippen LogP contribution is -2.41. The van der Waals surface area contributed by atoms with E-state index in [2.05, 4.69) is 5.32 Å². The van der Waals surface area contributed by atoms with Gasteiger partial charge >= 0.3 is 0 Å². The second-order valence-electron chi connectivity index (χ2n) is 6.70. The Morgan fingerprint density at radius 1 is 1.13 bits per heavy atom. The molecule has 1 saturated heterocycles. The molecule has 0 radical (unpaired) electrons. The summed E-state index contributed by atoms with van der Waals surface area (Å²) in [5, 5.41) is 3.03. The van der Waals surface area contributed by atoms with E-state index in [1.165, 1.54) is 0 Å². The molecule has 0 aromatic carbocycles. The zero-order valence-electron chi connectivity index (χ0n) is 13.8. The van der Waals surface area contributed by atoms with Crippen LogP contribution in [-0.4, -0.2) is 49.1 Å². The van der Waals surface area contributed by atoms with E-state index in [0.717, 1.165) is 45.2 Å². The minimum Gasteiger partial charge on any atom is -0.491 e. The molecule has 1 N–H and O–H groups in total. The largest absolute Gasteiger partial charge is 0.491 e. The first kappa shape index (κ1) is 16.1. The Morgan fingerprint density at radius 3 is 2.48 bits per heavy atom. The van der Waals surface area contributed by atoms with E-state index in [0.29, 0.717) is 43.1 Å². The van der Waals surface area contributed by atoms with Crippen LogP contribution in [0.4, 0.5) is 0 Å². The molecule has 2 fully saturated rings. The van der Waals surface area contributed by atoms with Crippen LogP contribution >= 0.6 is 0 Å². The van der Waals surface area contributed by atoms with Crippen LogP contribution in [-0.2, 0) is 19.1 Å². The molecule has 3 aliphatic rings. The number of nitrogens with one attached hydrogen (secondary N) is 1. The molecule has 23 heavy (non-hydrogen) atoms. The third-order valence-corrected chi connectivity index (χ3v) is 4.79. The van der Waals surface area contributed by atoms with Gasteiger partial charge in [0.25, 0.3) is 5.91 Å². The van der Waals surface area contributed by atoms with Crippen LogP contribution in [0.25, 0.3) is 0 Å². The summed E-state index contributed by atoms with van der Waals surface area (Å²) in [5.41, 5.74) is 0. The van der Waals surface area contributed by atoms with Gasteiger partial charge in [-0.25, -0.2) is 0 Å². The third-order valence-electron chi connectivity index (χ3n) is 4.79. The van der Waals surface area contributed by atoms with E-state index in [9.17, 15) is 9.59 Å². The molecule has 2 aliphatic heterocycles. The number of carbonyl (C=O) groups excluding carboxylic acids is 2. The van der Waals surface area contributed by atoms with Crippen molar-refractivity contribution in [1.82, 2.24) is 10.2 Å². The van der Waals surface area contributed by atoms with Crippen LogP contribution in [0.5, 0.6) is 0 Å². The van der Waals surface area contributed by atoms with Gasteiger partial charge in [-0.15, -0.1) is 0 Å². The van der Waals surface area contributed by atoms with Gasteiger partial charge in [-0.05, 0) is 44.9 Å². The topological polar surface area (TPSA) is 67.9 Å². The molecule has 6 nitrogen and oxygen atoms in total. The summed E-state index contributed by atoms with van der Waals surface area (Å²) in [6, 6.07) is 0.441. The van der Waals surface area contributed by atoms with Crippen LogP contribution in [0.2, 0.25) is 0 Å². The van der Waals surface area contributed by atoms with Gasteiger partial charge in [0, 0.05) is 25.6 Å². The number of ether oxygens (including phenoxy) is 2. The van der Waals surface area contributed by atoms with Gasteiger partial charge in [0.05, 0.1) is 0 Å². The van der Waals surface area contributed by atoms with Gasteiger partial charge in [-0.3, -0.25) is 9.59 Å². The molecule has 1 saturated carbocycles. The highest BCUT2D eigenvalue weighted by atomic mass is 16.6. The molecule has 0 aromatic heterocycles. The van der Waals surface area contributed by atoms with E-state index in [1.807, 2.05) is 4.90 Å². The maximum atomic E-state index is 12.5. The summed E-state index contributed by atoms with van der Waals surface area (Å²) in [6.07, 6.45) is 5.70. The Kier molecular flexibility index (Phi) is 5.08. The van der Waals surface area contributed by atoms with Gasteiger partial charge in [0.15, 0.2) is 0 Å². The second kappa shape index (κ2) is 7.23. The molecule has 0 spiro atoms. The quantitative estimate of drug-likeness (QED) is 0.834. The van der Waals surface area contributed by atoms with E-state index in [4.69, 9.17) is 9.47 Å². The number of amides is 2. The molecule has 6 heteroatoms. The first-order chi connectivity index (χ1) is 11.1. The van der Waals surface area contributed by atoms with E-state index >= 15 is 0 Å². The van der Waals surface area contributed by atoms with E-state index in [1.54, 1.807) is 6.92 Å². The van der Waals surface area contributed by atoms with Crippen molar-refractivity contribution in [2.24, 2.45) is 5.92 Å². The molecule has 0 atom stereocenters. The molecule has 2 heterocycles. The van der Waals surface area contributed by atoms with Crippen molar-refractivity contribution in [3.63, 3.8) is 0 Å². The van der Waals surface area contributed by atoms with Crippen molar-refractivity contribution in [1.29, 1.82) is 0 Å². The molecule has 0 unspecified atom stereocenters. The molecular weight excluding hydrogens is 296 g/mol. The molecule has 0 bridgehead atoms. The van der Waals surface area contributed by atoms with Gasteiger partial charge in [0.1, 0.15) is 19.0 Å². The highest BCUT2D eigenvalue weighted by Crippen LogP contribution is 2.25.